The molecule has 0 aliphatic carbocycles. The molecular weight excluding hydrogens is 330 g/mol. The molecule has 0 saturated heterocycles. The van der Waals surface area contributed by atoms with Gasteiger partial charge in [-0.25, -0.2) is 0 Å². The Labute approximate surface area is 130 Å². The first-order chi connectivity index (χ1) is 9.62. The smallest absolute Gasteiger partial charge is 0.397 e. The summed E-state index contributed by atoms with van der Waals surface area (Å²) in [5.41, 5.74) is 5.93. The molecule has 1 aromatic rings. The second-order valence-corrected chi connectivity index (χ2v) is 5.16. The van der Waals surface area contributed by atoms with E-state index in [0.717, 1.165) is 4.90 Å². The van der Waals surface area contributed by atoms with Crippen molar-refractivity contribution in [3.05, 3.63) is 22.2 Å². The van der Waals surface area contributed by atoms with Crippen LogP contribution in [0.2, 0.25) is 10.0 Å². The molecule has 3 N–H and O–H groups in total. The molecule has 21 heavy (non-hydrogen) atoms. The number of nitrogens with two attached hydrogens (primary N) is 1. The van der Waals surface area contributed by atoms with Gasteiger partial charge in [0.2, 0.25) is 5.91 Å². The van der Waals surface area contributed by atoms with Gasteiger partial charge in [-0.2, -0.15) is 13.2 Å². The monoisotopic (exact) mass is 343 g/mol. The average molecular weight is 344 g/mol. The number of hydrogen-bond donors (Lipinski definition) is 2. The zero-order valence-electron chi connectivity index (χ0n) is 11.1. The Morgan fingerprint density at radius 1 is 1.38 bits per heavy atom. The fraction of sp³-hybridized carbons (Fsp3) is 0.417. The van der Waals surface area contributed by atoms with Crippen molar-refractivity contribution >= 4 is 40.5 Å². The van der Waals surface area contributed by atoms with E-state index in [0.29, 0.717) is 5.02 Å². The molecule has 0 spiro atoms. The van der Waals surface area contributed by atoms with Crippen LogP contribution in [-0.4, -0.2) is 36.6 Å². The summed E-state index contributed by atoms with van der Waals surface area (Å²) in [5.74, 6) is -0.642. The molecule has 4 nitrogen and oxygen atoms in total. The van der Waals surface area contributed by atoms with Crippen LogP contribution in [0.15, 0.2) is 12.1 Å². The second-order valence-electron chi connectivity index (χ2n) is 4.32. The van der Waals surface area contributed by atoms with Crippen LogP contribution in [0.1, 0.15) is 6.92 Å². The summed E-state index contributed by atoms with van der Waals surface area (Å²) >= 11 is 11.6. The van der Waals surface area contributed by atoms with Crippen LogP contribution >= 0.6 is 23.2 Å². The second kappa shape index (κ2) is 7.20. The van der Waals surface area contributed by atoms with Crippen molar-refractivity contribution in [3.8, 4) is 0 Å². The lowest BCUT2D eigenvalue weighted by Crippen LogP contribution is -2.39. The minimum absolute atomic E-state index is 0.0801. The van der Waals surface area contributed by atoms with Crippen molar-refractivity contribution in [1.29, 1.82) is 0 Å². The van der Waals surface area contributed by atoms with Crippen molar-refractivity contribution in [2.24, 2.45) is 0 Å². The number of benzene rings is 1. The van der Waals surface area contributed by atoms with E-state index in [2.05, 4.69) is 5.32 Å². The van der Waals surface area contributed by atoms with Gasteiger partial charge >= 0.3 is 6.18 Å². The van der Waals surface area contributed by atoms with E-state index >= 15 is 0 Å². The van der Waals surface area contributed by atoms with Gasteiger partial charge in [-0.3, -0.25) is 9.69 Å². The van der Waals surface area contributed by atoms with Gasteiger partial charge in [0, 0.05) is 5.02 Å². The maximum atomic E-state index is 12.3. The van der Waals surface area contributed by atoms with Gasteiger partial charge in [-0.05, 0) is 18.7 Å². The fourth-order valence-corrected chi connectivity index (χ4v) is 2.20. The first-order valence-electron chi connectivity index (χ1n) is 5.96. The number of amides is 1. The van der Waals surface area contributed by atoms with Crippen molar-refractivity contribution in [1.82, 2.24) is 4.90 Å². The summed E-state index contributed by atoms with van der Waals surface area (Å²) in [6.07, 6.45) is -4.37. The molecule has 1 rings (SSSR count). The molecule has 1 amide bonds. The van der Waals surface area contributed by atoms with Crippen molar-refractivity contribution in [3.63, 3.8) is 0 Å². The maximum Gasteiger partial charge on any atom is 0.401 e. The summed E-state index contributed by atoms with van der Waals surface area (Å²) in [7, 11) is 0. The van der Waals surface area contributed by atoms with Gasteiger partial charge in [-0.15, -0.1) is 0 Å². The highest BCUT2D eigenvalue weighted by atomic mass is 35.5. The quantitative estimate of drug-likeness (QED) is 0.805. The zero-order valence-corrected chi connectivity index (χ0v) is 12.6. The van der Waals surface area contributed by atoms with E-state index in [1.165, 1.54) is 19.1 Å². The molecule has 0 radical (unpaired) electrons. The Bertz CT molecular complexity index is 500. The van der Waals surface area contributed by atoms with Crippen molar-refractivity contribution in [2.75, 3.05) is 30.7 Å². The third kappa shape index (κ3) is 5.99. The van der Waals surface area contributed by atoms with Gasteiger partial charge in [0.1, 0.15) is 0 Å². The summed E-state index contributed by atoms with van der Waals surface area (Å²) in [4.78, 5) is 12.7. The van der Waals surface area contributed by atoms with Crippen LogP contribution in [0.5, 0.6) is 0 Å². The van der Waals surface area contributed by atoms with E-state index in [4.69, 9.17) is 28.9 Å². The van der Waals surface area contributed by atoms with Crippen LogP contribution in [0, 0.1) is 0 Å². The number of anilines is 2. The van der Waals surface area contributed by atoms with Crippen molar-refractivity contribution in [2.45, 2.75) is 13.1 Å². The van der Waals surface area contributed by atoms with Crippen LogP contribution < -0.4 is 11.1 Å². The van der Waals surface area contributed by atoms with Crippen LogP contribution in [0.25, 0.3) is 0 Å². The largest absolute Gasteiger partial charge is 0.401 e. The number of nitrogens with one attached hydrogen (secondary N) is 1. The minimum Gasteiger partial charge on any atom is -0.397 e. The number of carbonyl (C=O) groups excluding carboxylic acids is 1. The highest BCUT2D eigenvalue weighted by molar-refractivity contribution is 6.37. The highest BCUT2D eigenvalue weighted by Gasteiger charge is 2.30. The molecule has 0 aliphatic rings. The molecule has 0 saturated carbocycles. The molecule has 0 fully saturated rings. The number of carbonyl (C=O) groups is 1. The van der Waals surface area contributed by atoms with E-state index in [1.54, 1.807) is 0 Å². The lowest BCUT2D eigenvalue weighted by atomic mass is 10.2. The maximum absolute atomic E-state index is 12.3. The topological polar surface area (TPSA) is 58.4 Å². The molecule has 0 bridgehead atoms. The molecule has 0 aromatic heterocycles. The van der Waals surface area contributed by atoms with Gasteiger partial charge < -0.3 is 11.1 Å². The van der Waals surface area contributed by atoms with E-state index < -0.39 is 25.2 Å². The number of nitrogens with zero attached hydrogens (tertiary/aromatic N) is 1. The van der Waals surface area contributed by atoms with Crippen molar-refractivity contribution < 1.29 is 18.0 Å². The average Bonchev–Trinajstić information content (AvgIpc) is 2.31. The highest BCUT2D eigenvalue weighted by Crippen LogP contribution is 2.32. The molecule has 118 valence electrons. The zero-order chi connectivity index (χ0) is 16.2. The molecule has 0 aliphatic heterocycles. The lowest BCUT2D eigenvalue weighted by Gasteiger charge is -2.21. The third-order valence-corrected chi connectivity index (χ3v) is 3.08. The van der Waals surface area contributed by atoms with Gasteiger partial charge in [-0.1, -0.05) is 30.1 Å². The molecule has 0 heterocycles. The summed E-state index contributed by atoms with van der Waals surface area (Å²) in [6.45, 7) is 0.0224. The third-order valence-electron chi connectivity index (χ3n) is 2.57. The first kappa shape index (κ1) is 17.9. The fourth-order valence-electron chi connectivity index (χ4n) is 1.64. The Balaban J connectivity index is 2.73. The Morgan fingerprint density at radius 2 is 2.00 bits per heavy atom. The van der Waals surface area contributed by atoms with Gasteiger partial charge in [0.25, 0.3) is 0 Å². The molecule has 1 aromatic carbocycles. The minimum atomic E-state index is -4.37. The van der Waals surface area contributed by atoms with Crippen LogP contribution in [-0.2, 0) is 4.79 Å². The molecular formula is C12H14Cl2F3N3O. The molecule has 0 unspecified atom stereocenters. The predicted octanol–water partition coefficient (Wildman–Crippen LogP) is 3.40. The number of rotatable bonds is 5. The number of alkyl halides is 3. The predicted molar refractivity (Wildman–Crippen MR) is 77.7 cm³/mol. The number of halogens is 5. The van der Waals surface area contributed by atoms with Crippen LogP contribution in [0.3, 0.4) is 0 Å². The lowest BCUT2D eigenvalue weighted by molar-refractivity contribution is -0.147. The Morgan fingerprint density at radius 3 is 2.48 bits per heavy atom. The van der Waals surface area contributed by atoms with E-state index in [9.17, 15) is 18.0 Å². The summed E-state index contributed by atoms with van der Waals surface area (Å²) < 4.78 is 36.9. The van der Waals surface area contributed by atoms with Gasteiger partial charge in [0.15, 0.2) is 0 Å². The van der Waals surface area contributed by atoms with E-state index in [-0.39, 0.29) is 22.9 Å². The number of likely N-dealkylation sites (N-methyl/N-ethyl adjacent to an activating group) is 1. The standard InChI is InChI=1S/C12H14Cl2F3N3O/c1-2-20(6-12(15,16)17)5-10(21)19-11-8(14)3-7(13)4-9(11)18/h3-4H,2,5-6,18H2,1H3,(H,19,21). The first-order valence-corrected chi connectivity index (χ1v) is 6.71. The SMILES string of the molecule is CCN(CC(=O)Nc1c(N)cc(Cl)cc1Cl)CC(F)(F)F. The molecule has 0 atom stereocenters. The summed E-state index contributed by atoms with van der Waals surface area (Å²) in [5, 5.41) is 2.80. The Hall–Kier alpha value is -1.18. The number of nitrogen functional groups attached to an aromatic ring is 1. The summed E-state index contributed by atoms with van der Waals surface area (Å²) in [6, 6.07) is 2.76. The van der Waals surface area contributed by atoms with Crippen LogP contribution in [0.4, 0.5) is 24.5 Å². The Kier molecular flexibility index (Phi) is 6.12. The van der Waals surface area contributed by atoms with E-state index in [1.807, 2.05) is 0 Å². The number of hydrogen-bond acceptors (Lipinski definition) is 3. The van der Waals surface area contributed by atoms with Gasteiger partial charge in [0.05, 0.1) is 29.5 Å². The molecule has 9 heteroatoms. The normalized spacial score (nSPS) is 11.8.